The van der Waals surface area contributed by atoms with Crippen LogP contribution in [0.3, 0.4) is 0 Å². The number of rotatable bonds is 3. The van der Waals surface area contributed by atoms with Gasteiger partial charge in [0.05, 0.1) is 27.4 Å². The summed E-state index contributed by atoms with van der Waals surface area (Å²) in [4.78, 5) is 24.3. The van der Waals surface area contributed by atoms with E-state index in [2.05, 4.69) is 10.6 Å². The van der Waals surface area contributed by atoms with E-state index in [4.69, 9.17) is 0 Å². The highest BCUT2D eigenvalue weighted by atomic mass is 32.2. The second kappa shape index (κ2) is 6.82. The van der Waals surface area contributed by atoms with Crippen molar-refractivity contribution in [3.63, 3.8) is 0 Å². The molecular formula is C18H14F2N4O4S. The average Bonchev–Trinajstić information content (AvgIpc) is 2.71. The Morgan fingerprint density at radius 2 is 1.83 bits per heavy atom. The Labute approximate surface area is 164 Å². The third kappa shape index (κ3) is 3.74. The van der Waals surface area contributed by atoms with E-state index in [0.29, 0.717) is 6.07 Å². The summed E-state index contributed by atoms with van der Waals surface area (Å²) in [6.07, 6.45) is 0. The fraction of sp³-hybridized carbons (Fsp3) is 0.167. The molecule has 8 nitrogen and oxygen atoms in total. The van der Waals surface area contributed by atoms with Crippen LogP contribution in [0, 0.1) is 23.0 Å². The fourth-order valence-electron chi connectivity index (χ4n) is 2.63. The first-order chi connectivity index (χ1) is 13.4. The van der Waals surface area contributed by atoms with Gasteiger partial charge in [0, 0.05) is 6.07 Å². The van der Waals surface area contributed by atoms with E-state index in [1.807, 2.05) is 4.72 Å². The third-order valence-corrected chi connectivity index (χ3v) is 5.54. The van der Waals surface area contributed by atoms with E-state index >= 15 is 0 Å². The molecule has 11 heteroatoms. The molecule has 150 valence electrons. The molecule has 0 unspecified atom stereocenters. The Morgan fingerprint density at radius 1 is 1.14 bits per heavy atom. The number of fused-ring (bicyclic) bond motifs is 1. The van der Waals surface area contributed by atoms with Gasteiger partial charge >= 0.3 is 0 Å². The minimum atomic E-state index is -4.45. The summed E-state index contributed by atoms with van der Waals surface area (Å²) in [6.45, 7) is 2.88. The maximum absolute atomic E-state index is 13.8. The predicted molar refractivity (Wildman–Crippen MR) is 98.5 cm³/mol. The monoisotopic (exact) mass is 420 g/mol. The van der Waals surface area contributed by atoms with Crippen LogP contribution in [-0.4, -0.2) is 25.8 Å². The van der Waals surface area contributed by atoms with Crippen LogP contribution in [-0.2, 0) is 14.8 Å². The van der Waals surface area contributed by atoms with Gasteiger partial charge in [0.25, 0.3) is 15.9 Å². The normalized spacial score (nSPS) is 15.4. The highest BCUT2D eigenvalue weighted by Gasteiger charge is 2.36. The molecule has 0 aliphatic carbocycles. The Morgan fingerprint density at radius 3 is 2.45 bits per heavy atom. The Bertz CT molecular complexity index is 1200. The number of benzene rings is 2. The van der Waals surface area contributed by atoms with E-state index in [1.165, 1.54) is 13.8 Å². The van der Waals surface area contributed by atoms with Crippen LogP contribution in [0.25, 0.3) is 0 Å². The molecule has 0 radical (unpaired) electrons. The summed E-state index contributed by atoms with van der Waals surface area (Å²) in [7, 11) is -4.45. The molecule has 0 saturated carbocycles. The van der Waals surface area contributed by atoms with Crippen LogP contribution in [0.2, 0.25) is 0 Å². The van der Waals surface area contributed by atoms with E-state index < -0.39 is 49.6 Å². The van der Waals surface area contributed by atoms with Gasteiger partial charge in [0.15, 0.2) is 0 Å². The van der Waals surface area contributed by atoms with Gasteiger partial charge in [-0.1, -0.05) is 0 Å². The lowest BCUT2D eigenvalue weighted by Gasteiger charge is -2.21. The Balaban J connectivity index is 2.12. The van der Waals surface area contributed by atoms with Crippen LogP contribution in [0.15, 0.2) is 35.2 Å². The smallest absolute Gasteiger partial charge is 0.262 e. The van der Waals surface area contributed by atoms with Gasteiger partial charge in [-0.3, -0.25) is 14.3 Å². The van der Waals surface area contributed by atoms with E-state index in [9.17, 15) is 32.0 Å². The molecule has 29 heavy (non-hydrogen) atoms. The summed E-state index contributed by atoms with van der Waals surface area (Å²) >= 11 is 0. The largest absolute Gasteiger partial charge is 0.338 e. The van der Waals surface area contributed by atoms with E-state index in [0.717, 1.165) is 24.3 Å². The molecule has 3 rings (SSSR count). The first-order valence-corrected chi connectivity index (χ1v) is 9.63. The van der Waals surface area contributed by atoms with Crippen molar-refractivity contribution in [3.8, 4) is 6.07 Å². The molecule has 1 aliphatic heterocycles. The molecule has 0 saturated heterocycles. The van der Waals surface area contributed by atoms with Gasteiger partial charge in [-0.15, -0.1) is 0 Å². The summed E-state index contributed by atoms with van der Waals surface area (Å²) in [6, 6.07) is 5.89. The van der Waals surface area contributed by atoms with Crippen molar-refractivity contribution in [1.82, 2.24) is 5.32 Å². The van der Waals surface area contributed by atoms with Crippen LogP contribution in [0.5, 0.6) is 0 Å². The summed E-state index contributed by atoms with van der Waals surface area (Å²) < 4.78 is 54.2. The Hall–Kier alpha value is -3.52. The zero-order valence-corrected chi connectivity index (χ0v) is 15.9. The van der Waals surface area contributed by atoms with E-state index in [-0.39, 0.29) is 16.8 Å². The summed E-state index contributed by atoms with van der Waals surface area (Å²) in [5, 5.41) is 14.3. The Kier molecular flexibility index (Phi) is 4.76. The number of hydrogen-bond donors (Lipinski definition) is 3. The number of sulfonamides is 1. The lowest BCUT2D eigenvalue weighted by molar-refractivity contribution is -0.120. The summed E-state index contributed by atoms with van der Waals surface area (Å²) in [5.41, 5.74) is -2.48. The van der Waals surface area contributed by atoms with Gasteiger partial charge in [0.1, 0.15) is 23.2 Å². The van der Waals surface area contributed by atoms with Crippen LogP contribution >= 0.6 is 0 Å². The van der Waals surface area contributed by atoms with Crippen molar-refractivity contribution in [2.75, 3.05) is 10.0 Å². The minimum Gasteiger partial charge on any atom is -0.338 e. The molecule has 1 heterocycles. The maximum atomic E-state index is 13.8. The SMILES string of the molecule is CC1(C)NC(=O)c2cc(S(=O)(=O)Nc3ccc(F)cc3F)cc(C#N)c2NC1=O. The van der Waals surface area contributed by atoms with Gasteiger partial charge in [-0.2, -0.15) is 5.26 Å². The second-order valence-electron chi connectivity index (χ2n) is 6.77. The average molecular weight is 420 g/mol. The van der Waals surface area contributed by atoms with Crippen molar-refractivity contribution in [2.24, 2.45) is 0 Å². The molecule has 0 spiro atoms. The molecule has 2 aromatic rings. The maximum Gasteiger partial charge on any atom is 0.262 e. The molecule has 0 bridgehead atoms. The number of carbonyl (C=O) groups excluding carboxylic acids is 2. The number of nitriles is 1. The van der Waals surface area contributed by atoms with Crippen molar-refractivity contribution < 1.29 is 26.8 Å². The summed E-state index contributed by atoms with van der Waals surface area (Å²) in [5.74, 6) is -3.40. The highest BCUT2D eigenvalue weighted by Crippen LogP contribution is 2.30. The topological polar surface area (TPSA) is 128 Å². The van der Waals surface area contributed by atoms with Crippen LogP contribution in [0.1, 0.15) is 29.8 Å². The van der Waals surface area contributed by atoms with Crippen molar-refractivity contribution >= 4 is 33.2 Å². The number of nitrogens with one attached hydrogen (secondary N) is 3. The molecule has 0 fully saturated rings. The lowest BCUT2D eigenvalue weighted by atomic mass is 10.1. The number of amides is 2. The zero-order valence-electron chi connectivity index (χ0n) is 15.1. The first-order valence-electron chi connectivity index (χ1n) is 8.14. The van der Waals surface area contributed by atoms with Crippen molar-refractivity contribution in [2.45, 2.75) is 24.3 Å². The third-order valence-electron chi connectivity index (χ3n) is 4.19. The van der Waals surface area contributed by atoms with Crippen molar-refractivity contribution in [1.29, 1.82) is 5.26 Å². The first kappa shape index (κ1) is 20.2. The van der Waals surface area contributed by atoms with Crippen LogP contribution < -0.4 is 15.4 Å². The number of halogens is 2. The molecule has 1 aliphatic rings. The van der Waals surface area contributed by atoms with Gasteiger partial charge in [-0.05, 0) is 38.1 Å². The van der Waals surface area contributed by atoms with Gasteiger partial charge in [0.2, 0.25) is 5.91 Å². The minimum absolute atomic E-state index is 0.132. The standard InChI is InChI=1S/C18H14F2N4O4S/c1-18(2)17(26)22-15-9(8-21)5-11(7-12(15)16(25)23-18)29(27,28)24-14-4-3-10(19)6-13(14)20/h3-7,24H,1-2H3,(H,22,26)(H,23,25). The zero-order chi connectivity index (χ0) is 21.6. The molecular weight excluding hydrogens is 406 g/mol. The molecule has 2 aromatic carbocycles. The van der Waals surface area contributed by atoms with Gasteiger partial charge in [-0.25, -0.2) is 17.2 Å². The number of anilines is 2. The van der Waals surface area contributed by atoms with Gasteiger partial charge < -0.3 is 10.6 Å². The lowest BCUT2D eigenvalue weighted by Crippen LogP contribution is -2.50. The van der Waals surface area contributed by atoms with Crippen LogP contribution in [0.4, 0.5) is 20.2 Å². The number of hydrogen-bond acceptors (Lipinski definition) is 5. The van der Waals surface area contributed by atoms with E-state index in [1.54, 1.807) is 6.07 Å². The van der Waals surface area contributed by atoms with Crippen molar-refractivity contribution in [3.05, 3.63) is 53.1 Å². The number of nitrogens with zero attached hydrogens (tertiary/aromatic N) is 1. The second-order valence-corrected chi connectivity index (χ2v) is 8.45. The molecule has 0 aromatic heterocycles. The fourth-order valence-corrected chi connectivity index (χ4v) is 3.75. The number of carbonyl (C=O) groups is 2. The molecule has 2 amide bonds. The quantitative estimate of drug-likeness (QED) is 0.701. The molecule has 0 atom stereocenters. The predicted octanol–water partition coefficient (Wildman–Crippen LogP) is 2.10. The molecule has 3 N–H and O–H groups in total. The highest BCUT2D eigenvalue weighted by molar-refractivity contribution is 7.92.